The van der Waals surface area contributed by atoms with Gasteiger partial charge in [0.15, 0.2) is 0 Å². The monoisotopic (exact) mass is 339 g/mol. The van der Waals surface area contributed by atoms with E-state index in [1.54, 1.807) is 23.1 Å². The van der Waals surface area contributed by atoms with Crippen molar-refractivity contribution in [2.45, 2.75) is 25.3 Å². The maximum atomic E-state index is 12.6. The Morgan fingerprint density at radius 3 is 2.75 bits per heavy atom. The van der Waals surface area contributed by atoms with Gasteiger partial charge in [-0.15, -0.1) is 11.3 Å². The van der Waals surface area contributed by atoms with Crippen LogP contribution in [0.1, 0.15) is 28.1 Å². The Hall–Kier alpha value is -2.65. The number of carbonyl (C=O) groups excluding carboxylic acids is 2. The first-order chi connectivity index (χ1) is 11.7. The van der Waals surface area contributed by atoms with Gasteiger partial charge in [0.2, 0.25) is 5.91 Å². The maximum absolute atomic E-state index is 12.6. The van der Waals surface area contributed by atoms with Gasteiger partial charge in [0, 0.05) is 12.2 Å². The Balaban J connectivity index is 1.67. The second-order valence-corrected chi connectivity index (χ2v) is 6.60. The first-order valence-corrected chi connectivity index (χ1v) is 8.68. The minimum Gasteiger partial charge on any atom is -0.326 e. The zero-order chi connectivity index (χ0) is 16.9. The van der Waals surface area contributed by atoms with Crippen LogP contribution in [0.2, 0.25) is 0 Å². The fourth-order valence-corrected chi connectivity index (χ4v) is 3.53. The zero-order valence-corrected chi connectivity index (χ0v) is 13.9. The van der Waals surface area contributed by atoms with Gasteiger partial charge in [-0.2, -0.15) is 5.26 Å². The van der Waals surface area contributed by atoms with Gasteiger partial charge in [0.25, 0.3) is 5.91 Å². The Labute approximate surface area is 144 Å². The van der Waals surface area contributed by atoms with Gasteiger partial charge in [-0.3, -0.25) is 9.59 Å². The molecule has 5 nitrogen and oxygen atoms in total. The highest BCUT2D eigenvalue weighted by molar-refractivity contribution is 7.12. The zero-order valence-electron chi connectivity index (χ0n) is 13.1. The van der Waals surface area contributed by atoms with Crippen LogP contribution in [0.25, 0.3) is 0 Å². The van der Waals surface area contributed by atoms with Crippen LogP contribution in [0.15, 0.2) is 41.8 Å². The van der Waals surface area contributed by atoms with E-state index in [0.29, 0.717) is 30.0 Å². The smallest absolute Gasteiger partial charge is 0.264 e. The minimum atomic E-state index is -0.432. The Morgan fingerprint density at radius 1 is 1.29 bits per heavy atom. The molecule has 0 radical (unpaired) electrons. The summed E-state index contributed by atoms with van der Waals surface area (Å²) in [7, 11) is 0. The average molecular weight is 339 g/mol. The highest BCUT2D eigenvalue weighted by atomic mass is 32.1. The molecule has 2 amide bonds. The number of amides is 2. The lowest BCUT2D eigenvalue weighted by Gasteiger charge is -2.23. The molecule has 6 heteroatoms. The lowest BCUT2D eigenvalue weighted by molar-refractivity contribution is -0.119. The van der Waals surface area contributed by atoms with Crippen molar-refractivity contribution in [2.24, 2.45) is 0 Å². The SMILES string of the molecule is N#CCc1ccc(NC(=O)C2CCCN2C(=O)c2cccs2)cc1. The fraction of sp³-hybridized carbons (Fsp3) is 0.278. The number of likely N-dealkylation sites (tertiary alicyclic amines) is 1. The molecule has 24 heavy (non-hydrogen) atoms. The number of nitrogens with zero attached hydrogens (tertiary/aromatic N) is 2. The van der Waals surface area contributed by atoms with E-state index in [4.69, 9.17) is 5.26 Å². The molecule has 122 valence electrons. The van der Waals surface area contributed by atoms with Crippen LogP contribution in [0, 0.1) is 11.3 Å². The first-order valence-electron chi connectivity index (χ1n) is 7.80. The van der Waals surface area contributed by atoms with Crippen molar-refractivity contribution in [3.05, 3.63) is 52.2 Å². The van der Waals surface area contributed by atoms with E-state index in [-0.39, 0.29) is 11.8 Å². The van der Waals surface area contributed by atoms with E-state index in [9.17, 15) is 9.59 Å². The molecule has 1 atom stereocenters. The lowest BCUT2D eigenvalue weighted by Crippen LogP contribution is -2.42. The van der Waals surface area contributed by atoms with Gasteiger partial charge in [0.1, 0.15) is 6.04 Å². The maximum Gasteiger partial charge on any atom is 0.264 e. The van der Waals surface area contributed by atoms with E-state index < -0.39 is 6.04 Å². The van der Waals surface area contributed by atoms with Crippen molar-refractivity contribution < 1.29 is 9.59 Å². The van der Waals surface area contributed by atoms with E-state index in [0.717, 1.165) is 12.0 Å². The number of carbonyl (C=O) groups is 2. The molecule has 1 aromatic heterocycles. The summed E-state index contributed by atoms with van der Waals surface area (Å²) >= 11 is 1.39. The van der Waals surface area contributed by atoms with Crippen LogP contribution in [0.4, 0.5) is 5.69 Å². The third-order valence-corrected chi connectivity index (χ3v) is 4.91. The number of hydrogen-bond donors (Lipinski definition) is 1. The predicted molar refractivity (Wildman–Crippen MR) is 92.8 cm³/mol. The largest absolute Gasteiger partial charge is 0.326 e. The number of rotatable bonds is 4. The summed E-state index contributed by atoms with van der Waals surface area (Å²) in [5, 5.41) is 13.4. The molecule has 1 aliphatic heterocycles. The third-order valence-electron chi connectivity index (χ3n) is 4.05. The summed E-state index contributed by atoms with van der Waals surface area (Å²) in [6.45, 7) is 0.607. The fourth-order valence-electron chi connectivity index (χ4n) is 2.85. The Bertz CT molecular complexity index is 763. The average Bonchev–Trinajstić information content (AvgIpc) is 3.28. The van der Waals surface area contributed by atoms with Gasteiger partial charge >= 0.3 is 0 Å². The molecule has 1 N–H and O–H groups in total. The first kappa shape index (κ1) is 16.2. The van der Waals surface area contributed by atoms with Crippen molar-refractivity contribution >= 4 is 28.8 Å². The lowest BCUT2D eigenvalue weighted by atomic mass is 10.1. The van der Waals surface area contributed by atoms with Crippen LogP contribution in [-0.2, 0) is 11.2 Å². The Morgan fingerprint density at radius 2 is 2.08 bits per heavy atom. The van der Waals surface area contributed by atoms with Crippen molar-refractivity contribution in [3.8, 4) is 6.07 Å². The number of nitrogens with one attached hydrogen (secondary N) is 1. The molecular formula is C18H17N3O2S. The summed E-state index contributed by atoms with van der Waals surface area (Å²) in [6.07, 6.45) is 1.85. The molecule has 0 saturated carbocycles. The molecule has 1 aliphatic rings. The molecule has 0 aliphatic carbocycles. The second kappa shape index (κ2) is 7.28. The van der Waals surface area contributed by atoms with E-state index >= 15 is 0 Å². The van der Waals surface area contributed by atoms with Crippen molar-refractivity contribution in [1.82, 2.24) is 4.90 Å². The molecule has 3 rings (SSSR count). The topological polar surface area (TPSA) is 73.2 Å². The van der Waals surface area contributed by atoms with Crippen LogP contribution >= 0.6 is 11.3 Å². The highest BCUT2D eigenvalue weighted by Crippen LogP contribution is 2.23. The number of nitriles is 1. The van der Waals surface area contributed by atoms with Crippen molar-refractivity contribution in [1.29, 1.82) is 5.26 Å². The molecular weight excluding hydrogens is 322 g/mol. The van der Waals surface area contributed by atoms with E-state index in [2.05, 4.69) is 11.4 Å². The minimum absolute atomic E-state index is 0.0768. The van der Waals surface area contributed by atoms with E-state index in [1.807, 2.05) is 23.6 Å². The summed E-state index contributed by atoms with van der Waals surface area (Å²) in [4.78, 5) is 27.4. The standard InChI is InChI=1S/C18H17N3O2S/c19-10-9-13-5-7-14(8-6-13)20-17(22)15-3-1-11-21(15)18(23)16-4-2-12-24-16/h2,4-8,12,15H,1,3,9,11H2,(H,20,22). The van der Waals surface area contributed by atoms with Crippen LogP contribution in [0.5, 0.6) is 0 Å². The number of benzene rings is 1. The number of thiophene rings is 1. The normalized spacial score (nSPS) is 16.6. The van der Waals surface area contributed by atoms with Gasteiger partial charge in [0.05, 0.1) is 17.4 Å². The molecule has 1 unspecified atom stereocenters. The van der Waals surface area contributed by atoms with Crippen LogP contribution in [0.3, 0.4) is 0 Å². The van der Waals surface area contributed by atoms with Crippen molar-refractivity contribution in [3.63, 3.8) is 0 Å². The summed E-state index contributed by atoms with van der Waals surface area (Å²) < 4.78 is 0. The molecule has 0 spiro atoms. The molecule has 1 saturated heterocycles. The summed E-state index contributed by atoms with van der Waals surface area (Å²) in [5.41, 5.74) is 1.59. The molecule has 1 aromatic carbocycles. The molecule has 1 fully saturated rings. The third kappa shape index (κ3) is 3.47. The number of hydrogen-bond acceptors (Lipinski definition) is 4. The van der Waals surface area contributed by atoms with Crippen LogP contribution in [-0.4, -0.2) is 29.3 Å². The predicted octanol–water partition coefficient (Wildman–Crippen LogP) is 3.06. The van der Waals surface area contributed by atoms with Gasteiger partial charge in [-0.1, -0.05) is 18.2 Å². The van der Waals surface area contributed by atoms with E-state index in [1.165, 1.54) is 11.3 Å². The van der Waals surface area contributed by atoms with Gasteiger partial charge in [-0.05, 0) is 42.0 Å². The highest BCUT2D eigenvalue weighted by Gasteiger charge is 2.34. The van der Waals surface area contributed by atoms with Gasteiger partial charge in [-0.25, -0.2) is 0 Å². The second-order valence-electron chi connectivity index (χ2n) is 5.65. The number of anilines is 1. The van der Waals surface area contributed by atoms with Gasteiger partial charge < -0.3 is 10.2 Å². The van der Waals surface area contributed by atoms with Crippen molar-refractivity contribution in [2.75, 3.05) is 11.9 Å². The summed E-state index contributed by atoms with van der Waals surface area (Å²) in [6, 6.07) is 12.5. The molecule has 2 aromatic rings. The van der Waals surface area contributed by atoms with Crippen LogP contribution < -0.4 is 5.32 Å². The summed E-state index contributed by atoms with van der Waals surface area (Å²) in [5.74, 6) is -0.238. The molecule has 0 bridgehead atoms. The molecule has 2 heterocycles. The quantitative estimate of drug-likeness (QED) is 0.930. The Kier molecular flexibility index (Phi) is 4.92.